The number of nitrogens with zero attached hydrogens (tertiary/aromatic N) is 4. The molecule has 16 heteroatoms. The molecule has 0 saturated carbocycles. The number of carbonyl (C=O) groups excluding carboxylic acids is 3. The Kier molecular flexibility index (Phi) is 15.0. The third-order valence-electron chi connectivity index (χ3n) is 13.9. The molecular formula is C53H69N7O9. The molecular weight excluding hydrogens is 879 g/mol. The van der Waals surface area contributed by atoms with Gasteiger partial charge in [-0.25, -0.2) is 5.84 Å². The Bertz CT molecular complexity index is 2730. The minimum absolute atomic E-state index is 0.0183. The number of hydrogen-bond acceptors (Lipinski definition) is 15. The highest BCUT2D eigenvalue weighted by Crippen LogP contribution is 2.50. The van der Waals surface area contributed by atoms with Gasteiger partial charge in [0.2, 0.25) is 0 Å². The number of aromatic hydroxyl groups is 2. The third-order valence-corrected chi connectivity index (χ3v) is 13.9. The number of phenols is 2. The number of benzene rings is 3. The number of allylic oxidation sites excluding steroid dienone is 4. The Labute approximate surface area is 404 Å². The number of anilines is 1. The molecule has 69 heavy (non-hydrogen) atoms. The topological polar surface area (TPSA) is 235 Å². The van der Waals surface area contributed by atoms with Crippen LogP contribution >= 0.6 is 0 Å². The maximum atomic E-state index is 14.8. The predicted octanol–water partition coefficient (Wildman–Crippen LogP) is 6.27. The van der Waals surface area contributed by atoms with Gasteiger partial charge in [0.05, 0.1) is 34.4 Å². The SMILES string of the molecule is C/C1=C/C=C/C(C)C[C@@H](C)C(O)[C@@H](C)C(OC(=O)CN(N)/C=C(\N)c2ccccc2)[C@H](C)C/C=C/OC2(C)Oc3c(C)c(O)c4c(O)c(c5c(c4c3C2=O)=NC2(CCN(CC(C)C)CC2)N=5)NC1=O. The molecule has 1 saturated heterocycles. The van der Waals surface area contributed by atoms with Gasteiger partial charge in [-0.05, 0) is 62.0 Å². The Morgan fingerprint density at radius 2 is 1.71 bits per heavy atom. The van der Waals surface area contributed by atoms with Crippen LogP contribution in [0.5, 0.6) is 17.2 Å². The number of rotatable bonds is 7. The van der Waals surface area contributed by atoms with Gasteiger partial charge >= 0.3 is 11.8 Å². The Morgan fingerprint density at radius 1 is 1.03 bits per heavy atom. The molecule has 1 fully saturated rings. The molecule has 16 nitrogen and oxygen atoms in total. The number of amides is 1. The highest BCUT2D eigenvalue weighted by molar-refractivity contribution is 6.19. The number of aliphatic hydroxyl groups excluding tert-OH is 1. The summed E-state index contributed by atoms with van der Waals surface area (Å²) in [6.45, 7) is 18.8. The number of fused-ring (bicyclic) bond motifs is 13. The van der Waals surface area contributed by atoms with Crippen molar-refractivity contribution in [3.63, 3.8) is 0 Å². The van der Waals surface area contributed by atoms with E-state index in [2.05, 4.69) is 24.1 Å². The van der Waals surface area contributed by atoms with Crippen molar-refractivity contribution >= 4 is 39.8 Å². The number of nitrogens with two attached hydrogens (primary N) is 2. The van der Waals surface area contributed by atoms with E-state index in [0.29, 0.717) is 56.0 Å². The van der Waals surface area contributed by atoms with Gasteiger partial charge in [0.25, 0.3) is 11.7 Å². The molecule has 370 valence electrons. The molecule has 0 radical (unpaired) electrons. The van der Waals surface area contributed by atoms with E-state index in [-0.39, 0.29) is 74.1 Å². The number of phenolic OH excluding ortho intramolecular Hbond substituents is 2. The molecule has 3 aromatic rings. The lowest BCUT2D eigenvalue weighted by Crippen LogP contribution is -2.43. The summed E-state index contributed by atoms with van der Waals surface area (Å²) in [7, 11) is 0. The molecule has 8 N–H and O–H groups in total. The molecule has 8 rings (SSSR count). The van der Waals surface area contributed by atoms with Crippen LogP contribution in [0.2, 0.25) is 0 Å². The van der Waals surface area contributed by atoms with Crippen molar-refractivity contribution in [2.24, 2.45) is 51.2 Å². The highest BCUT2D eigenvalue weighted by atomic mass is 16.7. The molecule has 7 atom stereocenters. The van der Waals surface area contributed by atoms with Crippen LogP contribution in [0.4, 0.5) is 5.69 Å². The van der Waals surface area contributed by atoms with E-state index in [1.165, 1.54) is 19.4 Å². The minimum Gasteiger partial charge on any atom is -0.507 e. The second-order valence-corrected chi connectivity index (χ2v) is 20.1. The summed E-state index contributed by atoms with van der Waals surface area (Å²) in [6, 6.07) is 9.21. The number of hydrogen-bond donors (Lipinski definition) is 6. The second kappa shape index (κ2) is 20.4. The van der Waals surface area contributed by atoms with Crippen molar-refractivity contribution in [2.75, 3.05) is 31.5 Å². The average Bonchev–Trinajstić information content (AvgIpc) is 3.80. The number of ketones is 1. The molecule has 5 heterocycles. The molecule has 3 aromatic carbocycles. The third kappa shape index (κ3) is 10.5. The van der Waals surface area contributed by atoms with Crippen molar-refractivity contribution in [1.82, 2.24) is 9.91 Å². The fraction of sp³-hybridized carbons (Fsp3) is 0.491. The quantitative estimate of drug-likeness (QED) is 0.0665. The zero-order valence-electron chi connectivity index (χ0n) is 41.3. The lowest BCUT2D eigenvalue weighted by atomic mass is 9.80. The standard InChI is InChI=1S/C53H69N7O9/c1-29(2)26-59-22-20-53(21-23-59)57-42-39-40-46(63)35(8)49-41(39)50(65)52(9,69-49)67-24-14-17-31(4)48(68-38(61)28-60(55)27-37(54)36-18-11-10-12-19-36)34(7)45(62)33(6)25-30(3)15-13-16-32(5)51(66)56-44(47(40)64)43(42)58-53/h10-16,18-19,24,27,29-31,33-34,45,48,62-64H,17,20-23,25-26,28,54-55H2,1-9H3,(H,56,66)/b15-13+,24-14+,32-16-,37-27-/t30?,31-,33-,34-,45?,48?,52?/m1/s1. The van der Waals surface area contributed by atoms with Crippen LogP contribution in [-0.4, -0.2) is 92.7 Å². The summed E-state index contributed by atoms with van der Waals surface area (Å²) in [5, 5.41) is 40.5. The van der Waals surface area contributed by atoms with Gasteiger partial charge in [0.1, 0.15) is 35.2 Å². The van der Waals surface area contributed by atoms with Gasteiger partial charge in [-0.2, -0.15) is 0 Å². The van der Waals surface area contributed by atoms with Gasteiger partial charge < -0.3 is 50.5 Å². The fourth-order valence-electron chi connectivity index (χ4n) is 10.1. The zero-order valence-corrected chi connectivity index (χ0v) is 41.3. The van der Waals surface area contributed by atoms with E-state index in [9.17, 15) is 29.7 Å². The summed E-state index contributed by atoms with van der Waals surface area (Å²) in [6.07, 6.45) is 10.2. The monoisotopic (exact) mass is 948 g/mol. The van der Waals surface area contributed by atoms with Gasteiger partial charge in [0, 0.05) is 68.0 Å². The predicted molar refractivity (Wildman–Crippen MR) is 264 cm³/mol. The van der Waals surface area contributed by atoms with Crippen LogP contribution in [0.3, 0.4) is 0 Å². The fourth-order valence-corrected chi connectivity index (χ4v) is 10.1. The molecule has 1 amide bonds. The minimum atomic E-state index is -1.91. The van der Waals surface area contributed by atoms with E-state index in [0.717, 1.165) is 17.1 Å². The zero-order chi connectivity index (χ0) is 50.1. The molecule has 4 unspecified atom stereocenters. The van der Waals surface area contributed by atoms with Crippen molar-refractivity contribution in [3.05, 3.63) is 100 Å². The molecule has 1 spiro atoms. The lowest BCUT2D eigenvalue weighted by Gasteiger charge is -2.36. The van der Waals surface area contributed by atoms with E-state index >= 15 is 0 Å². The molecule has 5 bridgehead atoms. The highest BCUT2D eigenvalue weighted by Gasteiger charge is 2.50. The first-order valence-electron chi connectivity index (χ1n) is 24.0. The van der Waals surface area contributed by atoms with Crippen molar-refractivity contribution in [1.29, 1.82) is 0 Å². The number of esters is 1. The maximum Gasteiger partial charge on any atom is 0.327 e. The average molecular weight is 948 g/mol. The normalized spacial score (nSPS) is 28.2. The first-order valence-corrected chi connectivity index (χ1v) is 24.0. The molecule has 0 aromatic heterocycles. The van der Waals surface area contributed by atoms with Crippen LogP contribution in [-0.2, 0) is 19.1 Å². The van der Waals surface area contributed by atoms with Crippen LogP contribution in [0.15, 0.2) is 82.7 Å². The number of likely N-dealkylation sites (tertiary alicyclic amines) is 1. The number of Topliss-reactive ketones (excluding diaryl/α,β-unsaturated/α-hetero) is 1. The van der Waals surface area contributed by atoms with E-state index in [4.69, 9.17) is 35.8 Å². The first-order chi connectivity index (χ1) is 32.6. The van der Waals surface area contributed by atoms with E-state index < -0.39 is 53.0 Å². The molecule has 5 aliphatic rings. The summed E-state index contributed by atoms with van der Waals surface area (Å²) in [5.41, 5.74) is 6.96. The number of aliphatic hydroxyl groups is 1. The number of hydrazine groups is 1. The van der Waals surface area contributed by atoms with Crippen LogP contribution in [0.25, 0.3) is 16.5 Å². The first kappa shape index (κ1) is 50.6. The Balaban J connectivity index is 1.26. The summed E-state index contributed by atoms with van der Waals surface area (Å²) in [5.74, 6) is 1.14. The van der Waals surface area contributed by atoms with Crippen molar-refractivity contribution < 1.29 is 43.9 Å². The summed E-state index contributed by atoms with van der Waals surface area (Å²) in [4.78, 5) is 55.1. The van der Waals surface area contributed by atoms with Crippen molar-refractivity contribution in [3.8, 4) is 17.2 Å². The van der Waals surface area contributed by atoms with Crippen LogP contribution < -0.4 is 32.3 Å². The Hall–Kier alpha value is -6.23. The van der Waals surface area contributed by atoms with E-state index in [1.807, 2.05) is 64.1 Å². The van der Waals surface area contributed by atoms with Gasteiger partial charge in [-0.15, -0.1) is 0 Å². The van der Waals surface area contributed by atoms with E-state index in [1.54, 1.807) is 32.1 Å². The second-order valence-electron chi connectivity index (χ2n) is 20.1. The van der Waals surface area contributed by atoms with Gasteiger partial charge in [-0.3, -0.25) is 24.4 Å². The molecule has 0 aliphatic carbocycles. The maximum absolute atomic E-state index is 14.8. The Morgan fingerprint density at radius 3 is 2.39 bits per heavy atom. The van der Waals surface area contributed by atoms with Crippen LogP contribution in [0.1, 0.15) is 103 Å². The number of ether oxygens (including phenoxy) is 3. The lowest BCUT2D eigenvalue weighted by molar-refractivity contribution is -0.159. The summed E-state index contributed by atoms with van der Waals surface area (Å²) >= 11 is 0. The number of carbonyl (C=O) groups is 3. The summed E-state index contributed by atoms with van der Waals surface area (Å²) < 4.78 is 18.6. The number of nitrogens with one attached hydrogen (secondary N) is 1. The van der Waals surface area contributed by atoms with Gasteiger partial charge in [0.15, 0.2) is 11.4 Å². The number of piperidine rings is 1. The smallest absolute Gasteiger partial charge is 0.327 e. The van der Waals surface area contributed by atoms with Crippen LogP contribution in [0, 0.1) is 36.5 Å². The largest absolute Gasteiger partial charge is 0.507 e. The van der Waals surface area contributed by atoms with Gasteiger partial charge in [-0.1, -0.05) is 90.1 Å². The molecule has 5 aliphatic heterocycles. The van der Waals surface area contributed by atoms with Crippen molar-refractivity contribution in [2.45, 2.75) is 112 Å².